The number of aliphatic hydroxyl groups excluding tert-OH is 1. The van der Waals surface area contributed by atoms with E-state index in [0.717, 1.165) is 0 Å². The predicted molar refractivity (Wildman–Crippen MR) is 132 cm³/mol. The maximum Gasteiger partial charge on any atom is 0.326 e. The number of phenols is 1. The molecule has 13 nitrogen and oxygen atoms in total. The first kappa shape index (κ1) is 29.3. The van der Waals surface area contributed by atoms with E-state index >= 15 is 0 Å². The number of carbonyl (C=O) groups excluding carboxylic acids is 3. The molecular weight excluding hydrogens is 484 g/mol. The number of hydrogen-bond acceptors (Lipinski definition) is 8. The largest absolute Gasteiger partial charge is 0.508 e. The van der Waals surface area contributed by atoms with Crippen molar-refractivity contribution in [3.05, 3.63) is 48.0 Å². The quantitative estimate of drug-likeness (QED) is 0.150. The third kappa shape index (κ3) is 8.88. The monoisotopic (exact) mass is 518 g/mol. The summed E-state index contributed by atoms with van der Waals surface area (Å²) in [6.45, 7) is 2.75. The Hall–Kier alpha value is -3.97. The number of aromatic hydroxyl groups is 1. The van der Waals surface area contributed by atoms with Gasteiger partial charge in [-0.15, -0.1) is 0 Å². The molecule has 3 amide bonds. The van der Waals surface area contributed by atoms with E-state index in [0.29, 0.717) is 17.7 Å². The fourth-order valence-corrected chi connectivity index (χ4v) is 3.49. The molecule has 0 spiro atoms. The average molecular weight is 519 g/mol. The molecule has 9 N–H and O–H groups in total. The first-order valence-corrected chi connectivity index (χ1v) is 11.8. The Kier molecular flexibility index (Phi) is 11.0. The number of nitrogens with zero attached hydrogens (tertiary/aromatic N) is 1. The number of rotatable bonds is 14. The smallest absolute Gasteiger partial charge is 0.326 e. The standard InChI is InChI=1S/C24H34N6O7/c1-3-13(2)20(30-21(33)17(25)8-14-4-6-16(32)7-5-14)23(35)29-19(11-31)22(34)28-18(24(36)37)9-15-10-26-12-27-15/h4-7,10,12-13,17-20,31-32H,3,8-9,11,25H2,1-2H3,(H,26,27)(H,28,34)(H,29,35)(H,30,33)(H,36,37). The van der Waals surface area contributed by atoms with Crippen molar-refractivity contribution in [2.75, 3.05) is 6.61 Å². The summed E-state index contributed by atoms with van der Waals surface area (Å²) in [7, 11) is 0. The molecule has 2 aromatic rings. The summed E-state index contributed by atoms with van der Waals surface area (Å²) in [5.41, 5.74) is 7.20. The van der Waals surface area contributed by atoms with Crippen molar-refractivity contribution in [1.82, 2.24) is 25.9 Å². The summed E-state index contributed by atoms with van der Waals surface area (Å²) in [5, 5.41) is 35.9. The molecule has 0 saturated carbocycles. The van der Waals surface area contributed by atoms with Crippen LogP contribution in [0.3, 0.4) is 0 Å². The number of hydrogen-bond donors (Lipinski definition) is 8. The molecule has 37 heavy (non-hydrogen) atoms. The lowest BCUT2D eigenvalue weighted by molar-refractivity contribution is -0.142. The van der Waals surface area contributed by atoms with Crippen LogP contribution in [0, 0.1) is 5.92 Å². The Morgan fingerprint density at radius 1 is 1.00 bits per heavy atom. The second-order valence-electron chi connectivity index (χ2n) is 8.77. The van der Waals surface area contributed by atoms with Crippen molar-refractivity contribution < 1.29 is 34.5 Å². The number of aliphatic carboxylic acids is 1. The Bertz CT molecular complexity index is 1040. The van der Waals surface area contributed by atoms with E-state index in [9.17, 15) is 34.5 Å². The zero-order valence-corrected chi connectivity index (χ0v) is 20.7. The van der Waals surface area contributed by atoms with E-state index in [1.165, 1.54) is 24.7 Å². The molecule has 1 aromatic heterocycles. The van der Waals surface area contributed by atoms with Crippen molar-refractivity contribution in [2.24, 2.45) is 11.7 Å². The number of carbonyl (C=O) groups is 4. The Labute approximate surface area is 213 Å². The van der Waals surface area contributed by atoms with Crippen molar-refractivity contribution in [2.45, 2.75) is 57.3 Å². The number of aliphatic hydroxyl groups is 1. The van der Waals surface area contributed by atoms with Crippen LogP contribution in [0.1, 0.15) is 31.5 Å². The third-order valence-electron chi connectivity index (χ3n) is 5.93. The molecule has 0 radical (unpaired) electrons. The maximum absolute atomic E-state index is 13.0. The van der Waals surface area contributed by atoms with Crippen molar-refractivity contribution >= 4 is 23.7 Å². The van der Waals surface area contributed by atoms with Crippen LogP contribution in [0.25, 0.3) is 0 Å². The van der Waals surface area contributed by atoms with Crippen LogP contribution in [0.15, 0.2) is 36.8 Å². The highest BCUT2D eigenvalue weighted by Gasteiger charge is 2.32. The predicted octanol–water partition coefficient (Wildman–Crippen LogP) is -1.19. The van der Waals surface area contributed by atoms with Gasteiger partial charge in [0, 0.05) is 18.3 Å². The number of nitrogens with one attached hydrogen (secondary N) is 4. The summed E-state index contributed by atoms with van der Waals surface area (Å²) in [4.78, 5) is 56.6. The summed E-state index contributed by atoms with van der Waals surface area (Å²) < 4.78 is 0. The molecule has 0 aliphatic carbocycles. The van der Waals surface area contributed by atoms with Crippen molar-refractivity contribution in [3.63, 3.8) is 0 Å². The van der Waals surface area contributed by atoms with Gasteiger partial charge in [0.05, 0.1) is 19.0 Å². The first-order chi connectivity index (χ1) is 17.5. The van der Waals surface area contributed by atoms with Crippen LogP contribution in [0.5, 0.6) is 5.75 Å². The van der Waals surface area contributed by atoms with Crippen LogP contribution in [-0.2, 0) is 32.0 Å². The van der Waals surface area contributed by atoms with E-state index in [1.807, 2.05) is 6.92 Å². The molecule has 13 heteroatoms. The highest BCUT2D eigenvalue weighted by Crippen LogP contribution is 2.12. The van der Waals surface area contributed by atoms with Crippen molar-refractivity contribution in [1.29, 1.82) is 0 Å². The molecule has 1 heterocycles. The number of amides is 3. The Morgan fingerprint density at radius 3 is 2.19 bits per heavy atom. The number of imidazole rings is 1. The SMILES string of the molecule is CCC(C)C(NC(=O)C(N)Cc1ccc(O)cc1)C(=O)NC(CO)C(=O)NC(Cc1cnc[nH]1)C(=O)O. The van der Waals surface area contributed by atoms with Gasteiger partial charge in [-0.2, -0.15) is 0 Å². The van der Waals surface area contributed by atoms with Gasteiger partial charge in [0.25, 0.3) is 0 Å². The lowest BCUT2D eigenvalue weighted by atomic mass is 9.97. The van der Waals surface area contributed by atoms with E-state index in [1.54, 1.807) is 19.1 Å². The number of H-pyrrole nitrogens is 1. The third-order valence-corrected chi connectivity index (χ3v) is 5.93. The number of aromatic nitrogens is 2. The maximum atomic E-state index is 13.0. The van der Waals surface area contributed by atoms with Gasteiger partial charge in [-0.05, 0) is 30.0 Å². The van der Waals surface area contributed by atoms with Gasteiger partial charge in [0.1, 0.15) is 23.9 Å². The van der Waals surface area contributed by atoms with Crippen LogP contribution in [-0.4, -0.2) is 79.8 Å². The summed E-state index contributed by atoms with van der Waals surface area (Å²) in [5.74, 6) is -3.80. The summed E-state index contributed by atoms with van der Waals surface area (Å²) >= 11 is 0. The molecule has 202 valence electrons. The van der Waals surface area contributed by atoms with Crippen LogP contribution in [0.4, 0.5) is 0 Å². The van der Waals surface area contributed by atoms with Gasteiger partial charge in [-0.25, -0.2) is 9.78 Å². The summed E-state index contributed by atoms with van der Waals surface area (Å²) in [6, 6.07) is 1.36. The van der Waals surface area contributed by atoms with E-state index in [-0.39, 0.29) is 24.5 Å². The van der Waals surface area contributed by atoms with Gasteiger partial charge in [0.2, 0.25) is 17.7 Å². The van der Waals surface area contributed by atoms with E-state index in [4.69, 9.17) is 5.73 Å². The number of nitrogens with two attached hydrogens (primary N) is 1. The highest BCUT2D eigenvalue weighted by atomic mass is 16.4. The fourth-order valence-electron chi connectivity index (χ4n) is 3.49. The molecule has 0 bridgehead atoms. The van der Waals surface area contributed by atoms with Gasteiger partial charge < -0.3 is 42.0 Å². The second kappa shape index (κ2) is 13.9. The zero-order chi connectivity index (χ0) is 27.5. The molecule has 0 saturated heterocycles. The van der Waals surface area contributed by atoms with Gasteiger partial charge >= 0.3 is 5.97 Å². The molecule has 5 unspecified atom stereocenters. The Morgan fingerprint density at radius 2 is 1.65 bits per heavy atom. The molecule has 2 rings (SSSR count). The van der Waals surface area contributed by atoms with Crippen molar-refractivity contribution in [3.8, 4) is 5.75 Å². The van der Waals surface area contributed by atoms with E-state index in [2.05, 4.69) is 25.9 Å². The molecule has 0 aliphatic heterocycles. The van der Waals surface area contributed by atoms with Gasteiger partial charge in [-0.3, -0.25) is 14.4 Å². The first-order valence-electron chi connectivity index (χ1n) is 11.8. The number of benzene rings is 1. The lowest BCUT2D eigenvalue weighted by Gasteiger charge is -2.27. The van der Waals surface area contributed by atoms with Crippen LogP contribution in [0.2, 0.25) is 0 Å². The summed E-state index contributed by atoms with van der Waals surface area (Å²) in [6.07, 6.45) is 3.37. The highest BCUT2D eigenvalue weighted by molar-refractivity contribution is 5.94. The van der Waals surface area contributed by atoms with E-state index < -0.39 is 54.5 Å². The normalized spacial score (nSPS) is 15.0. The van der Waals surface area contributed by atoms with Crippen LogP contribution < -0.4 is 21.7 Å². The van der Waals surface area contributed by atoms with Gasteiger partial charge in [-0.1, -0.05) is 32.4 Å². The number of phenolic OH excluding ortho intramolecular Hbond substituents is 1. The molecule has 1 aromatic carbocycles. The minimum atomic E-state index is -1.45. The Balaban J connectivity index is 2.04. The molecular formula is C24H34N6O7. The minimum Gasteiger partial charge on any atom is -0.508 e. The van der Waals surface area contributed by atoms with Gasteiger partial charge in [0.15, 0.2) is 0 Å². The zero-order valence-electron chi connectivity index (χ0n) is 20.7. The number of carboxylic acid groups (broad SMARTS) is 1. The average Bonchev–Trinajstić information content (AvgIpc) is 3.38. The topological polar surface area (TPSA) is 220 Å². The second-order valence-corrected chi connectivity index (χ2v) is 8.77. The number of aromatic amines is 1. The molecule has 0 aliphatic rings. The molecule has 5 atom stereocenters. The fraction of sp³-hybridized carbons (Fsp3) is 0.458. The minimum absolute atomic E-state index is 0.0775. The molecule has 0 fully saturated rings. The van der Waals surface area contributed by atoms with Crippen LogP contribution >= 0.6 is 0 Å². The lowest BCUT2D eigenvalue weighted by Crippen LogP contribution is -2.59. The number of carboxylic acids is 1.